The summed E-state index contributed by atoms with van der Waals surface area (Å²) >= 11 is 0. The molecule has 0 radical (unpaired) electrons. The molecule has 2 N–H and O–H groups in total. The van der Waals surface area contributed by atoms with Crippen molar-refractivity contribution in [3.63, 3.8) is 0 Å². The summed E-state index contributed by atoms with van der Waals surface area (Å²) in [5.74, 6) is 0. The molecule has 4 nitrogen and oxygen atoms in total. The molecule has 0 bridgehead atoms. The zero-order valence-electron chi connectivity index (χ0n) is 8.91. The SMILES string of the molecule is N=S(c1ccccc1)c1ccccc1N([O-])O. The molecule has 2 aromatic rings. The summed E-state index contributed by atoms with van der Waals surface area (Å²) in [6.07, 6.45) is 0. The van der Waals surface area contributed by atoms with Crippen LogP contribution in [0.25, 0.3) is 0 Å². The Kier molecular flexibility index (Phi) is 3.53. The van der Waals surface area contributed by atoms with Crippen molar-refractivity contribution in [1.82, 2.24) is 0 Å². The highest BCUT2D eigenvalue weighted by Crippen LogP contribution is 2.26. The van der Waals surface area contributed by atoms with E-state index in [1.165, 1.54) is 6.07 Å². The number of benzene rings is 2. The van der Waals surface area contributed by atoms with Gasteiger partial charge in [-0.05, 0) is 35.0 Å². The summed E-state index contributed by atoms with van der Waals surface area (Å²) in [5.41, 5.74) is 0.120. The van der Waals surface area contributed by atoms with Crippen LogP contribution < -0.4 is 5.23 Å². The Hall–Kier alpha value is -1.69. The molecule has 0 saturated heterocycles. The molecule has 0 aliphatic heterocycles. The van der Waals surface area contributed by atoms with Crippen LogP contribution in [-0.4, -0.2) is 5.21 Å². The molecule has 0 saturated carbocycles. The normalized spacial score (nSPS) is 12.1. The van der Waals surface area contributed by atoms with E-state index >= 15 is 0 Å². The Balaban J connectivity index is 2.45. The van der Waals surface area contributed by atoms with Gasteiger partial charge in [-0.2, -0.15) is 0 Å². The van der Waals surface area contributed by atoms with Gasteiger partial charge in [0.25, 0.3) is 0 Å². The van der Waals surface area contributed by atoms with Gasteiger partial charge < -0.3 is 10.4 Å². The third-order valence-electron chi connectivity index (χ3n) is 2.27. The van der Waals surface area contributed by atoms with Crippen LogP contribution in [0.3, 0.4) is 0 Å². The molecule has 0 amide bonds. The van der Waals surface area contributed by atoms with E-state index in [0.29, 0.717) is 4.90 Å². The number of anilines is 1. The standard InChI is InChI=1S/C12H11N2O2S/c13-17(10-6-2-1-3-7-10)12-9-5-4-8-11(12)14(15)16/h1-9,13,15H/q-1. The van der Waals surface area contributed by atoms with Crippen LogP contribution >= 0.6 is 0 Å². The molecule has 1 unspecified atom stereocenters. The molecule has 2 rings (SSSR count). The predicted octanol–water partition coefficient (Wildman–Crippen LogP) is 3.18. The molecule has 17 heavy (non-hydrogen) atoms. The smallest absolute Gasteiger partial charge is 0.0657 e. The van der Waals surface area contributed by atoms with Gasteiger partial charge in [0.15, 0.2) is 0 Å². The maximum Gasteiger partial charge on any atom is 0.0657 e. The van der Waals surface area contributed by atoms with Crippen molar-refractivity contribution in [3.8, 4) is 0 Å². The molecule has 0 aliphatic carbocycles. The van der Waals surface area contributed by atoms with Gasteiger partial charge in [-0.3, -0.25) is 9.99 Å². The first-order chi connectivity index (χ1) is 8.20. The quantitative estimate of drug-likeness (QED) is 0.818. The number of nitrogens with zero attached hydrogens (tertiary/aromatic N) is 1. The minimum Gasteiger partial charge on any atom is -0.733 e. The Morgan fingerprint density at radius 3 is 2.24 bits per heavy atom. The van der Waals surface area contributed by atoms with Crippen molar-refractivity contribution in [2.24, 2.45) is 0 Å². The van der Waals surface area contributed by atoms with Gasteiger partial charge >= 0.3 is 0 Å². The predicted molar refractivity (Wildman–Crippen MR) is 67.1 cm³/mol. The molecule has 0 aliphatic rings. The number of para-hydroxylation sites is 1. The van der Waals surface area contributed by atoms with Gasteiger partial charge in [-0.1, -0.05) is 30.3 Å². The van der Waals surface area contributed by atoms with Crippen molar-refractivity contribution in [1.29, 1.82) is 4.78 Å². The summed E-state index contributed by atoms with van der Waals surface area (Å²) in [6.45, 7) is 0. The summed E-state index contributed by atoms with van der Waals surface area (Å²) in [4.78, 5) is 1.32. The summed E-state index contributed by atoms with van der Waals surface area (Å²) in [5, 5.41) is 19.8. The summed E-state index contributed by atoms with van der Waals surface area (Å²) in [6, 6.07) is 15.8. The lowest BCUT2D eigenvalue weighted by Crippen LogP contribution is -2.10. The van der Waals surface area contributed by atoms with Crippen LogP contribution in [0.2, 0.25) is 0 Å². The van der Waals surface area contributed by atoms with Gasteiger partial charge in [0.1, 0.15) is 0 Å². The first-order valence-electron chi connectivity index (χ1n) is 4.96. The van der Waals surface area contributed by atoms with E-state index < -0.39 is 10.7 Å². The molecule has 0 fully saturated rings. The fourth-order valence-corrected chi connectivity index (χ4v) is 2.72. The maximum absolute atomic E-state index is 11.0. The highest BCUT2D eigenvalue weighted by molar-refractivity contribution is 7.86. The zero-order valence-corrected chi connectivity index (χ0v) is 9.72. The second kappa shape index (κ2) is 5.09. The zero-order chi connectivity index (χ0) is 12.3. The highest BCUT2D eigenvalue weighted by atomic mass is 32.2. The Bertz CT molecular complexity index is 529. The second-order valence-electron chi connectivity index (χ2n) is 3.36. The molecule has 0 heterocycles. The molecule has 2 aromatic carbocycles. The van der Waals surface area contributed by atoms with E-state index in [0.717, 1.165) is 4.90 Å². The van der Waals surface area contributed by atoms with Crippen molar-refractivity contribution in [3.05, 3.63) is 59.8 Å². The number of rotatable bonds is 3. The van der Waals surface area contributed by atoms with Crippen LogP contribution in [0.1, 0.15) is 0 Å². The van der Waals surface area contributed by atoms with E-state index in [4.69, 9.17) is 9.99 Å². The van der Waals surface area contributed by atoms with E-state index in [1.807, 2.05) is 30.3 Å². The lowest BCUT2D eigenvalue weighted by molar-refractivity contribution is 0.294. The fourth-order valence-electron chi connectivity index (χ4n) is 1.47. The monoisotopic (exact) mass is 247 g/mol. The van der Waals surface area contributed by atoms with E-state index in [9.17, 15) is 5.21 Å². The fraction of sp³-hybridized carbons (Fsp3) is 0. The van der Waals surface area contributed by atoms with E-state index in [-0.39, 0.29) is 10.9 Å². The summed E-state index contributed by atoms with van der Waals surface area (Å²) < 4.78 is 8.14. The van der Waals surface area contributed by atoms with Crippen molar-refractivity contribution in [2.75, 3.05) is 5.23 Å². The van der Waals surface area contributed by atoms with E-state index in [2.05, 4.69) is 0 Å². The van der Waals surface area contributed by atoms with Crippen LogP contribution in [0, 0.1) is 9.99 Å². The highest BCUT2D eigenvalue weighted by Gasteiger charge is 2.08. The van der Waals surface area contributed by atoms with Gasteiger partial charge in [-0.15, -0.1) is 0 Å². The summed E-state index contributed by atoms with van der Waals surface area (Å²) in [7, 11) is -0.981. The van der Waals surface area contributed by atoms with Crippen molar-refractivity contribution >= 4 is 16.4 Å². The Labute approximate surface area is 102 Å². The number of nitrogens with one attached hydrogen (secondary N) is 1. The van der Waals surface area contributed by atoms with Gasteiger partial charge in [0, 0.05) is 9.79 Å². The Morgan fingerprint density at radius 1 is 1.00 bits per heavy atom. The van der Waals surface area contributed by atoms with Gasteiger partial charge in [0.2, 0.25) is 0 Å². The minimum atomic E-state index is -0.981. The minimum absolute atomic E-state index is 0.120. The first kappa shape index (κ1) is 11.8. The topological polar surface area (TPSA) is 70.4 Å². The largest absolute Gasteiger partial charge is 0.733 e. The third kappa shape index (κ3) is 2.52. The molecule has 0 aromatic heterocycles. The van der Waals surface area contributed by atoms with E-state index in [1.54, 1.807) is 18.2 Å². The number of hydrogen-bond acceptors (Lipinski definition) is 4. The van der Waals surface area contributed by atoms with Crippen LogP contribution in [-0.2, 0) is 10.7 Å². The molecular weight excluding hydrogens is 236 g/mol. The maximum atomic E-state index is 11.0. The van der Waals surface area contributed by atoms with Crippen LogP contribution in [0.15, 0.2) is 64.4 Å². The van der Waals surface area contributed by atoms with Crippen molar-refractivity contribution < 1.29 is 5.21 Å². The third-order valence-corrected chi connectivity index (χ3v) is 3.80. The lowest BCUT2D eigenvalue weighted by Gasteiger charge is -2.24. The molecule has 1 atom stereocenters. The average Bonchev–Trinajstić information content (AvgIpc) is 2.39. The average molecular weight is 247 g/mol. The lowest BCUT2D eigenvalue weighted by atomic mass is 10.3. The Morgan fingerprint density at radius 2 is 1.59 bits per heavy atom. The first-order valence-corrected chi connectivity index (χ1v) is 6.18. The van der Waals surface area contributed by atoms with Gasteiger partial charge in [0.05, 0.1) is 5.69 Å². The van der Waals surface area contributed by atoms with Gasteiger partial charge in [-0.25, -0.2) is 0 Å². The van der Waals surface area contributed by atoms with Crippen LogP contribution in [0.4, 0.5) is 5.69 Å². The molecule has 0 spiro atoms. The van der Waals surface area contributed by atoms with Crippen molar-refractivity contribution in [2.45, 2.75) is 9.79 Å². The molecule has 5 heteroatoms. The molecule has 88 valence electrons. The molecular formula is C12H11N2O2S-. The number of hydrogen-bond donors (Lipinski definition) is 2. The van der Waals surface area contributed by atoms with Crippen LogP contribution in [0.5, 0.6) is 0 Å². The second-order valence-corrected chi connectivity index (χ2v) is 4.88.